The average Bonchev–Trinajstić information content (AvgIpc) is 2.88. The monoisotopic (exact) mass is 523 g/mol. The summed E-state index contributed by atoms with van der Waals surface area (Å²) in [5.74, 6) is -1.38. The molecule has 0 radical (unpaired) electrons. The molecular formula is C30H32F3N3O2. The van der Waals surface area contributed by atoms with Gasteiger partial charge in [0, 0.05) is 50.9 Å². The van der Waals surface area contributed by atoms with Crippen LogP contribution in [0, 0.1) is 17.6 Å². The van der Waals surface area contributed by atoms with Crippen LogP contribution in [0.15, 0.2) is 48.8 Å². The van der Waals surface area contributed by atoms with E-state index in [1.165, 1.54) is 12.1 Å². The lowest BCUT2D eigenvalue weighted by molar-refractivity contribution is -0.0117. The Balaban J connectivity index is 1.40. The van der Waals surface area contributed by atoms with Crippen molar-refractivity contribution in [3.8, 4) is 11.3 Å². The number of nitrogens with two attached hydrogens (primary N) is 1. The number of hydrogen-bond donors (Lipinski definition) is 1. The highest BCUT2D eigenvalue weighted by Crippen LogP contribution is 2.39. The van der Waals surface area contributed by atoms with E-state index < -0.39 is 17.3 Å². The molecule has 8 heteroatoms. The molecule has 5 nitrogen and oxygen atoms in total. The molecule has 3 atom stereocenters. The largest absolute Gasteiger partial charge is 0.381 e. The second-order valence-electron chi connectivity index (χ2n) is 10.7. The first-order valence-electron chi connectivity index (χ1n) is 13.2. The van der Waals surface area contributed by atoms with Crippen molar-refractivity contribution < 1.29 is 22.7 Å². The van der Waals surface area contributed by atoms with Crippen LogP contribution in [-0.2, 0) is 16.8 Å². The summed E-state index contributed by atoms with van der Waals surface area (Å²) in [6.45, 7) is 2.58. The van der Waals surface area contributed by atoms with E-state index in [0.717, 1.165) is 42.5 Å². The van der Waals surface area contributed by atoms with Gasteiger partial charge >= 0.3 is 0 Å². The van der Waals surface area contributed by atoms with E-state index in [2.05, 4.69) is 16.9 Å². The van der Waals surface area contributed by atoms with E-state index in [4.69, 9.17) is 10.5 Å². The maximum absolute atomic E-state index is 15.3. The fourth-order valence-electron chi connectivity index (χ4n) is 5.95. The molecule has 2 aromatic heterocycles. The Kier molecular flexibility index (Phi) is 7.63. The number of alkyl halides is 1. The van der Waals surface area contributed by atoms with Crippen LogP contribution in [0.2, 0.25) is 0 Å². The van der Waals surface area contributed by atoms with Crippen LogP contribution < -0.4 is 5.73 Å². The number of halogens is 3. The Morgan fingerprint density at radius 3 is 2.55 bits per heavy atom. The number of ether oxygens (including phenoxy) is 1. The van der Waals surface area contributed by atoms with E-state index in [1.807, 2.05) is 6.07 Å². The van der Waals surface area contributed by atoms with Crippen LogP contribution in [0.1, 0.15) is 72.1 Å². The van der Waals surface area contributed by atoms with Gasteiger partial charge in [-0.15, -0.1) is 0 Å². The van der Waals surface area contributed by atoms with Crippen molar-refractivity contribution in [2.75, 3.05) is 13.2 Å². The highest BCUT2D eigenvalue weighted by atomic mass is 19.1. The zero-order valence-corrected chi connectivity index (χ0v) is 21.4. The smallest absolute Gasteiger partial charge is 0.185 e. The van der Waals surface area contributed by atoms with Gasteiger partial charge in [0.15, 0.2) is 5.78 Å². The zero-order valence-electron chi connectivity index (χ0n) is 21.4. The highest BCUT2D eigenvalue weighted by Gasteiger charge is 2.36. The van der Waals surface area contributed by atoms with Crippen LogP contribution >= 0.6 is 0 Å². The Labute approximate surface area is 220 Å². The van der Waals surface area contributed by atoms with Gasteiger partial charge < -0.3 is 10.5 Å². The van der Waals surface area contributed by atoms with Crippen molar-refractivity contribution in [1.82, 2.24) is 9.97 Å². The minimum absolute atomic E-state index is 0.0178. The molecule has 3 aromatic rings. The first-order valence-corrected chi connectivity index (χ1v) is 13.2. The Hall–Kier alpha value is -3.10. The van der Waals surface area contributed by atoms with Crippen molar-refractivity contribution in [2.45, 2.75) is 63.1 Å². The maximum atomic E-state index is 15.3. The molecule has 0 unspecified atom stereocenters. The molecular weight excluding hydrogens is 491 g/mol. The lowest BCUT2D eigenvalue weighted by Gasteiger charge is -2.32. The van der Waals surface area contributed by atoms with Crippen molar-refractivity contribution in [3.63, 3.8) is 0 Å². The second-order valence-corrected chi connectivity index (χ2v) is 10.7. The average molecular weight is 524 g/mol. The summed E-state index contributed by atoms with van der Waals surface area (Å²) in [5.41, 5.74) is 5.95. The van der Waals surface area contributed by atoms with Crippen LogP contribution in [0.4, 0.5) is 13.2 Å². The number of ketones is 1. The second kappa shape index (κ2) is 10.9. The molecule has 1 aromatic carbocycles. The van der Waals surface area contributed by atoms with Gasteiger partial charge in [0.2, 0.25) is 0 Å². The molecule has 0 spiro atoms. The first-order chi connectivity index (χ1) is 18.2. The SMILES string of the molecule is C[C@@H]1C[C@H](N)C[C@H](c2ccncc2CC(=O)c2cccc(-c3c(F)cc(C4(F)CCOCC4)cc3F)n2)C1. The van der Waals surface area contributed by atoms with Gasteiger partial charge in [-0.3, -0.25) is 9.78 Å². The van der Waals surface area contributed by atoms with Crippen molar-refractivity contribution in [2.24, 2.45) is 11.7 Å². The van der Waals surface area contributed by atoms with Crippen LogP contribution in [0.25, 0.3) is 11.3 Å². The quantitative estimate of drug-likeness (QED) is 0.398. The normalized spacial score (nSPS) is 23.2. The molecule has 1 saturated heterocycles. The number of carbonyl (C=O) groups excluding carboxylic acids is 1. The van der Waals surface area contributed by atoms with E-state index in [-0.39, 0.29) is 72.7 Å². The Morgan fingerprint density at radius 2 is 1.84 bits per heavy atom. The van der Waals surface area contributed by atoms with Gasteiger partial charge in [-0.05, 0) is 78.1 Å². The number of hydrogen-bond acceptors (Lipinski definition) is 5. The van der Waals surface area contributed by atoms with Crippen LogP contribution in [0.3, 0.4) is 0 Å². The third-order valence-corrected chi connectivity index (χ3v) is 7.85. The summed E-state index contributed by atoms with van der Waals surface area (Å²) in [4.78, 5) is 21.8. The summed E-state index contributed by atoms with van der Waals surface area (Å²) in [7, 11) is 0. The van der Waals surface area contributed by atoms with E-state index >= 15 is 13.2 Å². The van der Waals surface area contributed by atoms with Gasteiger partial charge in [0.1, 0.15) is 23.0 Å². The predicted octanol–water partition coefficient (Wildman–Crippen LogP) is 6.05. The molecule has 2 fully saturated rings. The summed E-state index contributed by atoms with van der Waals surface area (Å²) in [6, 6.07) is 8.64. The predicted molar refractivity (Wildman–Crippen MR) is 138 cm³/mol. The molecule has 0 amide bonds. The molecule has 2 N–H and O–H groups in total. The Morgan fingerprint density at radius 1 is 1.11 bits per heavy atom. The van der Waals surface area contributed by atoms with Crippen LogP contribution in [-0.4, -0.2) is 35.0 Å². The molecule has 3 heterocycles. The third kappa shape index (κ3) is 5.52. The van der Waals surface area contributed by atoms with E-state index in [0.29, 0.717) is 5.92 Å². The number of Topliss-reactive ketones (excluding diaryl/α,β-unsaturated/α-hetero) is 1. The maximum Gasteiger partial charge on any atom is 0.185 e. The van der Waals surface area contributed by atoms with Gasteiger partial charge in [-0.25, -0.2) is 18.2 Å². The van der Waals surface area contributed by atoms with Gasteiger partial charge in [0.05, 0.1) is 11.3 Å². The summed E-state index contributed by atoms with van der Waals surface area (Å²) in [5, 5.41) is 0. The van der Waals surface area contributed by atoms with Crippen molar-refractivity contribution in [1.29, 1.82) is 0 Å². The van der Waals surface area contributed by atoms with Gasteiger partial charge in [-0.2, -0.15) is 0 Å². The molecule has 200 valence electrons. The lowest BCUT2D eigenvalue weighted by atomic mass is 9.75. The summed E-state index contributed by atoms with van der Waals surface area (Å²) >= 11 is 0. The molecule has 1 aliphatic heterocycles. The number of pyridine rings is 2. The highest BCUT2D eigenvalue weighted by molar-refractivity contribution is 5.96. The number of aromatic nitrogens is 2. The fraction of sp³-hybridized carbons (Fsp3) is 0.433. The number of nitrogens with zero attached hydrogens (tertiary/aromatic N) is 2. The first kappa shape index (κ1) is 26.5. The summed E-state index contributed by atoms with van der Waals surface area (Å²) in [6.07, 6.45) is 6.40. The van der Waals surface area contributed by atoms with Gasteiger partial charge in [0.25, 0.3) is 0 Å². The molecule has 1 aliphatic carbocycles. The third-order valence-electron chi connectivity index (χ3n) is 7.85. The van der Waals surface area contributed by atoms with Crippen molar-refractivity contribution in [3.05, 3.63) is 82.8 Å². The minimum Gasteiger partial charge on any atom is -0.381 e. The standard InChI is InChI=1S/C30H32F3N3O2/c1-18-11-19(13-22(34)12-18)23-5-8-35-17-20(23)14-28(37)26-3-2-4-27(36-26)29-24(31)15-21(16-25(29)32)30(33)6-9-38-10-7-30/h2-5,8,15-19,22H,6-7,9-14,34H2,1H3/t18-,19+,22-/m0/s1. The Bertz CT molecular complexity index is 1290. The van der Waals surface area contributed by atoms with E-state index in [1.54, 1.807) is 18.5 Å². The minimum atomic E-state index is -1.84. The van der Waals surface area contributed by atoms with Gasteiger partial charge in [-0.1, -0.05) is 13.0 Å². The lowest BCUT2D eigenvalue weighted by Crippen LogP contribution is -2.31. The molecule has 1 saturated carbocycles. The molecule has 38 heavy (non-hydrogen) atoms. The van der Waals surface area contributed by atoms with E-state index in [9.17, 15) is 4.79 Å². The van der Waals surface area contributed by atoms with Crippen molar-refractivity contribution >= 4 is 5.78 Å². The zero-order chi connectivity index (χ0) is 26.9. The topological polar surface area (TPSA) is 78.1 Å². The number of rotatable bonds is 6. The molecule has 2 aliphatic rings. The summed E-state index contributed by atoms with van der Waals surface area (Å²) < 4.78 is 50.8. The molecule has 0 bridgehead atoms. The fourth-order valence-corrected chi connectivity index (χ4v) is 5.95. The number of benzene rings is 1. The molecule has 5 rings (SSSR count). The number of carbonyl (C=O) groups is 1. The van der Waals surface area contributed by atoms with Crippen LogP contribution in [0.5, 0.6) is 0 Å².